The number of hydrogen-bond acceptors (Lipinski definition) is 5. The van der Waals surface area contributed by atoms with E-state index in [1.807, 2.05) is 11.8 Å². The smallest absolute Gasteiger partial charge is 0.230 e. The van der Waals surface area contributed by atoms with Gasteiger partial charge in [0.2, 0.25) is 5.91 Å². The fourth-order valence-electron chi connectivity index (χ4n) is 3.62. The summed E-state index contributed by atoms with van der Waals surface area (Å²) in [5.74, 6) is 1.18. The number of hydrogen-bond donors (Lipinski definition) is 0. The van der Waals surface area contributed by atoms with Crippen LogP contribution in [-0.4, -0.2) is 60.7 Å². The summed E-state index contributed by atoms with van der Waals surface area (Å²) in [4.78, 5) is 25.8. The van der Waals surface area contributed by atoms with Crippen molar-refractivity contribution in [3.05, 3.63) is 18.1 Å². The molecule has 6 nitrogen and oxygen atoms in total. The standard InChI is InChI=1S/C16H24N4O2/c1-13-10-17-11-14(18-13)20-7-5-16(12-20)4-3-6-19(15(16)21)8-9-22-2/h10-11H,3-9,12H2,1-2H3. The van der Waals surface area contributed by atoms with Gasteiger partial charge in [-0.3, -0.25) is 9.78 Å². The molecule has 1 aromatic heterocycles. The zero-order valence-electron chi connectivity index (χ0n) is 13.4. The normalized spacial score (nSPS) is 25.3. The van der Waals surface area contributed by atoms with Gasteiger partial charge in [0.15, 0.2) is 0 Å². The van der Waals surface area contributed by atoms with E-state index >= 15 is 0 Å². The first kappa shape index (κ1) is 15.2. The highest BCUT2D eigenvalue weighted by Gasteiger charge is 2.48. The van der Waals surface area contributed by atoms with E-state index in [1.165, 1.54) is 0 Å². The molecule has 2 saturated heterocycles. The Kier molecular flexibility index (Phi) is 4.29. The van der Waals surface area contributed by atoms with Crippen LogP contribution >= 0.6 is 0 Å². The van der Waals surface area contributed by atoms with E-state index in [2.05, 4.69) is 14.9 Å². The van der Waals surface area contributed by atoms with E-state index in [0.29, 0.717) is 19.1 Å². The average Bonchev–Trinajstić information content (AvgIpc) is 2.94. The largest absolute Gasteiger partial charge is 0.383 e. The number of nitrogens with zero attached hydrogens (tertiary/aromatic N) is 4. The molecule has 2 fully saturated rings. The van der Waals surface area contributed by atoms with Crippen LogP contribution in [0.25, 0.3) is 0 Å². The molecule has 2 aliphatic heterocycles. The first-order valence-electron chi connectivity index (χ1n) is 7.96. The van der Waals surface area contributed by atoms with E-state index in [0.717, 1.165) is 50.4 Å². The van der Waals surface area contributed by atoms with E-state index < -0.39 is 0 Å². The van der Waals surface area contributed by atoms with E-state index in [1.54, 1.807) is 19.5 Å². The van der Waals surface area contributed by atoms with Crippen LogP contribution in [0.3, 0.4) is 0 Å². The first-order valence-corrected chi connectivity index (χ1v) is 7.96. The van der Waals surface area contributed by atoms with Crippen LogP contribution in [0, 0.1) is 12.3 Å². The number of aromatic nitrogens is 2. The Bertz CT molecular complexity index is 551. The molecule has 1 atom stereocenters. The average molecular weight is 304 g/mol. The molecule has 1 amide bonds. The number of rotatable bonds is 4. The number of carbonyl (C=O) groups excluding carboxylic acids is 1. The third-order valence-electron chi connectivity index (χ3n) is 4.81. The van der Waals surface area contributed by atoms with Crippen LogP contribution in [0.4, 0.5) is 5.82 Å². The van der Waals surface area contributed by atoms with Crippen molar-refractivity contribution >= 4 is 11.7 Å². The summed E-state index contributed by atoms with van der Waals surface area (Å²) in [6.45, 7) is 5.74. The Morgan fingerprint density at radius 1 is 1.32 bits per heavy atom. The molecule has 0 aromatic carbocycles. The molecular formula is C16H24N4O2. The number of piperidine rings is 1. The number of methoxy groups -OCH3 is 1. The lowest BCUT2D eigenvalue weighted by Crippen LogP contribution is -2.51. The summed E-state index contributed by atoms with van der Waals surface area (Å²) in [5, 5.41) is 0. The van der Waals surface area contributed by atoms with E-state index in [-0.39, 0.29) is 5.41 Å². The molecule has 1 unspecified atom stereocenters. The molecule has 3 heterocycles. The Balaban J connectivity index is 1.73. The quantitative estimate of drug-likeness (QED) is 0.838. The van der Waals surface area contributed by atoms with Crippen molar-refractivity contribution in [2.24, 2.45) is 5.41 Å². The van der Waals surface area contributed by atoms with Gasteiger partial charge in [-0.25, -0.2) is 4.98 Å². The second-order valence-corrected chi connectivity index (χ2v) is 6.36. The van der Waals surface area contributed by atoms with Crippen molar-refractivity contribution in [3.8, 4) is 0 Å². The molecule has 2 aliphatic rings. The molecule has 120 valence electrons. The zero-order valence-corrected chi connectivity index (χ0v) is 13.4. The molecule has 0 radical (unpaired) electrons. The molecule has 3 rings (SSSR count). The second kappa shape index (κ2) is 6.20. The molecule has 0 bridgehead atoms. The van der Waals surface area contributed by atoms with Gasteiger partial charge < -0.3 is 14.5 Å². The molecule has 0 aliphatic carbocycles. The summed E-state index contributed by atoms with van der Waals surface area (Å²) in [6, 6.07) is 0. The lowest BCUT2D eigenvalue weighted by molar-refractivity contribution is -0.145. The topological polar surface area (TPSA) is 58.6 Å². The number of carbonyl (C=O) groups is 1. The highest BCUT2D eigenvalue weighted by Crippen LogP contribution is 2.41. The van der Waals surface area contributed by atoms with Gasteiger partial charge in [-0.05, 0) is 26.2 Å². The van der Waals surface area contributed by atoms with E-state index in [4.69, 9.17) is 4.74 Å². The van der Waals surface area contributed by atoms with Gasteiger partial charge in [-0.2, -0.15) is 0 Å². The van der Waals surface area contributed by atoms with Crippen LogP contribution < -0.4 is 4.90 Å². The third kappa shape index (κ3) is 2.79. The summed E-state index contributed by atoms with van der Waals surface area (Å²) in [6.07, 6.45) is 6.51. The van der Waals surface area contributed by atoms with Crippen LogP contribution in [-0.2, 0) is 9.53 Å². The van der Waals surface area contributed by atoms with Gasteiger partial charge in [-0.15, -0.1) is 0 Å². The molecule has 22 heavy (non-hydrogen) atoms. The Hall–Kier alpha value is -1.69. The molecule has 1 spiro atoms. The van der Waals surface area contributed by atoms with Crippen LogP contribution in [0.5, 0.6) is 0 Å². The Labute approximate surface area is 131 Å². The SMILES string of the molecule is COCCN1CCCC2(CCN(c3cncc(C)n3)C2)C1=O. The van der Waals surface area contributed by atoms with E-state index in [9.17, 15) is 4.79 Å². The maximum Gasteiger partial charge on any atom is 0.230 e. The number of amides is 1. The monoisotopic (exact) mass is 304 g/mol. The minimum absolute atomic E-state index is 0.239. The minimum atomic E-state index is -0.239. The van der Waals surface area contributed by atoms with Crippen molar-refractivity contribution in [2.75, 3.05) is 44.8 Å². The summed E-state index contributed by atoms with van der Waals surface area (Å²) < 4.78 is 5.13. The number of likely N-dealkylation sites (tertiary alicyclic amines) is 1. The number of aryl methyl sites for hydroxylation is 1. The lowest BCUT2D eigenvalue weighted by atomic mass is 9.78. The first-order chi connectivity index (χ1) is 10.6. The van der Waals surface area contributed by atoms with Crippen molar-refractivity contribution in [1.29, 1.82) is 0 Å². The second-order valence-electron chi connectivity index (χ2n) is 6.36. The minimum Gasteiger partial charge on any atom is -0.383 e. The van der Waals surface area contributed by atoms with Gasteiger partial charge in [0.1, 0.15) is 5.82 Å². The zero-order chi connectivity index (χ0) is 15.6. The summed E-state index contributed by atoms with van der Waals surface area (Å²) in [5.41, 5.74) is 0.673. The van der Waals surface area contributed by atoms with Gasteiger partial charge in [0.25, 0.3) is 0 Å². The molecular weight excluding hydrogens is 280 g/mol. The summed E-state index contributed by atoms with van der Waals surface area (Å²) >= 11 is 0. The molecule has 1 aromatic rings. The van der Waals surface area contributed by atoms with Crippen molar-refractivity contribution in [1.82, 2.24) is 14.9 Å². The predicted octanol–water partition coefficient (Wildman–Crippen LogP) is 1.25. The van der Waals surface area contributed by atoms with Gasteiger partial charge >= 0.3 is 0 Å². The molecule has 0 saturated carbocycles. The lowest BCUT2D eigenvalue weighted by Gasteiger charge is -2.39. The third-order valence-corrected chi connectivity index (χ3v) is 4.81. The van der Waals surface area contributed by atoms with Crippen molar-refractivity contribution in [2.45, 2.75) is 26.2 Å². The Morgan fingerprint density at radius 3 is 2.95 bits per heavy atom. The van der Waals surface area contributed by atoms with Crippen LogP contribution in [0.1, 0.15) is 25.0 Å². The molecule has 0 N–H and O–H groups in total. The highest BCUT2D eigenvalue weighted by molar-refractivity contribution is 5.85. The van der Waals surface area contributed by atoms with Gasteiger partial charge in [-0.1, -0.05) is 0 Å². The van der Waals surface area contributed by atoms with Crippen LogP contribution in [0.15, 0.2) is 12.4 Å². The maximum absolute atomic E-state index is 12.9. The fraction of sp³-hybridized carbons (Fsp3) is 0.688. The summed E-state index contributed by atoms with van der Waals surface area (Å²) in [7, 11) is 1.68. The Morgan fingerprint density at radius 2 is 2.18 bits per heavy atom. The number of ether oxygens (including phenoxy) is 1. The predicted molar refractivity (Wildman–Crippen MR) is 83.7 cm³/mol. The molecule has 6 heteroatoms. The van der Waals surface area contributed by atoms with Gasteiger partial charge in [0, 0.05) is 39.5 Å². The van der Waals surface area contributed by atoms with Crippen molar-refractivity contribution < 1.29 is 9.53 Å². The fourth-order valence-corrected chi connectivity index (χ4v) is 3.62. The van der Waals surface area contributed by atoms with Gasteiger partial charge in [0.05, 0.1) is 23.9 Å². The highest BCUT2D eigenvalue weighted by atomic mass is 16.5. The number of anilines is 1. The van der Waals surface area contributed by atoms with Crippen molar-refractivity contribution in [3.63, 3.8) is 0 Å². The maximum atomic E-state index is 12.9. The van der Waals surface area contributed by atoms with Crippen LogP contribution in [0.2, 0.25) is 0 Å².